The van der Waals surface area contributed by atoms with E-state index in [1.54, 1.807) is 13.3 Å². The zero-order chi connectivity index (χ0) is 9.07. The molecule has 0 atom stereocenters. The fourth-order valence-corrected chi connectivity index (χ4v) is 0.828. The lowest BCUT2D eigenvalue weighted by atomic mass is 10.4. The van der Waals surface area contributed by atoms with Crippen molar-refractivity contribution < 1.29 is 4.57 Å². The summed E-state index contributed by atoms with van der Waals surface area (Å²) in [4.78, 5) is 0. The minimum absolute atomic E-state index is 0.413. The predicted octanol–water partition coefficient (Wildman–Crippen LogP) is 2.47. The molecule has 0 radical (unpaired) electrons. The number of allylic oxidation sites excluding steroid dienone is 1. The first-order valence-corrected chi connectivity index (χ1v) is 6.42. The third-order valence-corrected chi connectivity index (χ3v) is 3.30. The molecule has 1 N–H and O–H groups in total. The summed E-state index contributed by atoms with van der Waals surface area (Å²) in [6, 6.07) is 0.413. The molecule has 0 amide bonds. The molecule has 0 spiro atoms. The third kappa shape index (κ3) is 5.09. The number of hydrogen-bond donors (Lipinski definition) is 1. The minimum Gasteiger partial charge on any atom is -0.388 e. The average Bonchev–Trinajstić information content (AvgIpc) is 1.80. The van der Waals surface area contributed by atoms with Gasteiger partial charge in [0.25, 0.3) is 0 Å². The van der Waals surface area contributed by atoms with Crippen LogP contribution in [0.2, 0.25) is 0 Å². The maximum absolute atomic E-state index is 11.4. The summed E-state index contributed by atoms with van der Waals surface area (Å²) < 4.78 is 11.4. The molecule has 0 aliphatic heterocycles. The Kier molecular flexibility index (Phi) is 3.88. The number of hydrogen-bond acceptors (Lipinski definition) is 2. The molecular formula is C8H18NOP. The molecular weight excluding hydrogens is 157 g/mol. The van der Waals surface area contributed by atoms with E-state index in [1.807, 2.05) is 13.1 Å². The smallest absolute Gasteiger partial charge is 0.107 e. The third-order valence-electron chi connectivity index (χ3n) is 1.47. The van der Waals surface area contributed by atoms with E-state index in [9.17, 15) is 4.57 Å². The van der Waals surface area contributed by atoms with Crippen molar-refractivity contribution in [3.05, 3.63) is 11.5 Å². The van der Waals surface area contributed by atoms with Crippen LogP contribution in [0.5, 0.6) is 0 Å². The highest BCUT2D eigenvalue weighted by Crippen LogP contribution is 2.44. The lowest BCUT2D eigenvalue weighted by Crippen LogP contribution is -2.15. The van der Waals surface area contributed by atoms with Gasteiger partial charge in [0.05, 0.1) is 0 Å². The summed E-state index contributed by atoms with van der Waals surface area (Å²) in [6.45, 7) is 9.57. The molecule has 0 saturated heterocycles. The molecule has 0 bridgehead atoms. The van der Waals surface area contributed by atoms with Crippen LogP contribution in [0.3, 0.4) is 0 Å². The molecule has 0 heterocycles. The van der Waals surface area contributed by atoms with Crippen molar-refractivity contribution in [2.24, 2.45) is 0 Å². The SMILES string of the molecule is C/C(=C/NC(C)C)P(C)(C)=O. The van der Waals surface area contributed by atoms with Crippen LogP contribution in [0.1, 0.15) is 20.8 Å². The van der Waals surface area contributed by atoms with E-state index >= 15 is 0 Å². The molecule has 0 saturated carbocycles. The van der Waals surface area contributed by atoms with E-state index in [4.69, 9.17) is 0 Å². The maximum atomic E-state index is 11.4. The fourth-order valence-electron chi connectivity index (χ4n) is 0.443. The van der Waals surface area contributed by atoms with Crippen LogP contribution in [0.25, 0.3) is 0 Å². The molecule has 0 fully saturated rings. The van der Waals surface area contributed by atoms with Gasteiger partial charge in [-0.25, -0.2) is 0 Å². The highest BCUT2D eigenvalue weighted by atomic mass is 31.2. The molecule has 2 nitrogen and oxygen atoms in total. The van der Waals surface area contributed by atoms with E-state index in [0.717, 1.165) is 5.31 Å². The van der Waals surface area contributed by atoms with Crippen LogP contribution in [0.4, 0.5) is 0 Å². The second-order valence-electron chi connectivity index (χ2n) is 3.46. The van der Waals surface area contributed by atoms with E-state index in [-0.39, 0.29) is 0 Å². The Bertz CT molecular complexity index is 190. The maximum Gasteiger partial charge on any atom is 0.107 e. The fraction of sp³-hybridized carbons (Fsp3) is 0.750. The van der Waals surface area contributed by atoms with Crippen LogP contribution in [-0.4, -0.2) is 19.4 Å². The monoisotopic (exact) mass is 175 g/mol. The van der Waals surface area contributed by atoms with Gasteiger partial charge < -0.3 is 9.88 Å². The van der Waals surface area contributed by atoms with Crippen LogP contribution in [0, 0.1) is 0 Å². The molecule has 0 aromatic rings. The Balaban J connectivity index is 4.13. The standard InChI is InChI=1S/C8H18NOP/c1-7(2)9-6-8(3)11(4,5)10/h6-7,9H,1-5H3/b8-6-. The second kappa shape index (κ2) is 3.96. The first-order valence-electron chi connectivity index (χ1n) is 3.82. The van der Waals surface area contributed by atoms with Crippen molar-refractivity contribution in [2.45, 2.75) is 26.8 Å². The highest BCUT2D eigenvalue weighted by Gasteiger charge is 2.08. The lowest BCUT2D eigenvalue weighted by Gasteiger charge is -2.09. The first kappa shape index (κ1) is 10.8. The van der Waals surface area contributed by atoms with Crippen molar-refractivity contribution in [1.29, 1.82) is 0 Å². The zero-order valence-electron chi connectivity index (χ0n) is 8.01. The van der Waals surface area contributed by atoms with Gasteiger partial charge in [-0.2, -0.15) is 0 Å². The molecule has 0 aromatic heterocycles. The van der Waals surface area contributed by atoms with Crippen LogP contribution < -0.4 is 5.32 Å². The van der Waals surface area contributed by atoms with Gasteiger partial charge in [-0.15, -0.1) is 0 Å². The second-order valence-corrected chi connectivity index (χ2v) is 6.87. The lowest BCUT2D eigenvalue weighted by molar-refractivity contribution is 0.585. The summed E-state index contributed by atoms with van der Waals surface area (Å²) >= 11 is 0. The molecule has 0 rings (SSSR count). The summed E-state index contributed by atoms with van der Waals surface area (Å²) in [7, 11) is -2.01. The summed E-state index contributed by atoms with van der Waals surface area (Å²) in [5, 5.41) is 4.07. The predicted molar refractivity (Wildman–Crippen MR) is 51.5 cm³/mol. The Morgan fingerprint density at radius 3 is 2.18 bits per heavy atom. The molecule has 66 valence electrons. The Labute approximate surface area is 69.4 Å². The van der Waals surface area contributed by atoms with Gasteiger partial charge in [-0.1, -0.05) is 0 Å². The van der Waals surface area contributed by atoms with E-state index < -0.39 is 7.14 Å². The summed E-state index contributed by atoms with van der Waals surface area (Å²) in [5.41, 5.74) is 0. The van der Waals surface area contributed by atoms with Gasteiger partial charge in [0.1, 0.15) is 7.14 Å². The van der Waals surface area contributed by atoms with Gasteiger partial charge in [-0.3, -0.25) is 0 Å². The van der Waals surface area contributed by atoms with Gasteiger partial charge in [0.2, 0.25) is 0 Å². The normalized spacial score (nSPS) is 13.8. The van der Waals surface area contributed by atoms with Crippen LogP contribution >= 0.6 is 7.14 Å². The van der Waals surface area contributed by atoms with E-state index in [0.29, 0.717) is 6.04 Å². The largest absolute Gasteiger partial charge is 0.388 e. The Morgan fingerprint density at radius 2 is 1.91 bits per heavy atom. The first-order chi connectivity index (χ1) is 4.84. The zero-order valence-corrected chi connectivity index (χ0v) is 8.90. The quantitative estimate of drug-likeness (QED) is 0.667. The van der Waals surface area contributed by atoms with Gasteiger partial charge in [0, 0.05) is 17.6 Å². The number of rotatable bonds is 3. The van der Waals surface area contributed by atoms with Gasteiger partial charge in [-0.05, 0) is 34.1 Å². The molecule has 3 heteroatoms. The molecule has 0 aliphatic carbocycles. The topological polar surface area (TPSA) is 29.1 Å². The van der Waals surface area contributed by atoms with E-state index in [2.05, 4.69) is 19.2 Å². The molecule has 0 aromatic carbocycles. The number of nitrogens with one attached hydrogen (secondary N) is 1. The average molecular weight is 175 g/mol. The Hall–Kier alpha value is -0.230. The van der Waals surface area contributed by atoms with Gasteiger partial charge >= 0.3 is 0 Å². The van der Waals surface area contributed by atoms with Crippen LogP contribution in [0.15, 0.2) is 11.5 Å². The van der Waals surface area contributed by atoms with Crippen molar-refractivity contribution in [1.82, 2.24) is 5.32 Å². The van der Waals surface area contributed by atoms with Crippen molar-refractivity contribution >= 4 is 7.14 Å². The van der Waals surface area contributed by atoms with Gasteiger partial charge in [0.15, 0.2) is 0 Å². The molecule has 11 heavy (non-hydrogen) atoms. The Morgan fingerprint density at radius 1 is 1.45 bits per heavy atom. The minimum atomic E-state index is -2.01. The summed E-state index contributed by atoms with van der Waals surface area (Å²) in [6.07, 6.45) is 1.85. The van der Waals surface area contributed by atoms with Crippen molar-refractivity contribution in [3.63, 3.8) is 0 Å². The van der Waals surface area contributed by atoms with Crippen LogP contribution in [-0.2, 0) is 4.57 Å². The van der Waals surface area contributed by atoms with Crippen molar-refractivity contribution in [2.75, 3.05) is 13.3 Å². The highest BCUT2D eigenvalue weighted by molar-refractivity contribution is 7.66. The summed E-state index contributed by atoms with van der Waals surface area (Å²) in [5.74, 6) is 0. The molecule has 0 unspecified atom stereocenters. The molecule has 0 aliphatic rings. The van der Waals surface area contributed by atoms with E-state index in [1.165, 1.54) is 0 Å². The van der Waals surface area contributed by atoms with Crippen molar-refractivity contribution in [3.8, 4) is 0 Å².